The van der Waals surface area contributed by atoms with Gasteiger partial charge in [-0.05, 0) is 12.8 Å². The van der Waals surface area contributed by atoms with E-state index >= 15 is 0 Å². The molecule has 1 heterocycles. The van der Waals surface area contributed by atoms with Crippen LogP contribution in [0.2, 0.25) is 0 Å². The molecule has 0 bridgehead atoms. The van der Waals surface area contributed by atoms with Crippen molar-refractivity contribution < 1.29 is 4.42 Å². The summed E-state index contributed by atoms with van der Waals surface area (Å²) in [5.74, 6) is 2.20. The Kier molecular flexibility index (Phi) is 3.26. The van der Waals surface area contributed by atoms with Crippen LogP contribution in [0.3, 0.4) is 0 Å². The number of nitrogens with zero attached hydrogens (tertiary/aromatic N) is 2. The molecule has 0 radical (unpaired) electrons. The van der Waals surface area contributed by atoms with Crippen molar-refractivity contribution in [1.29, 1.82) is 0 Å². The van der Waals surface area contributed by atoms with Crippen LogP contribution >= 0.6 is 0 Å². The van der Waals surface area contributed by atoms with Crippen LogP contribution in [0.4, 0.5) is 0 Å². The predicted molar refractivity (Wildman–Crippen MR) is 47.0 cm³/mol. The summed E-state index contributed by atoms with van der Waals surface area (Å²) in [6.45, 7) is 6.02. The van der Waals surface area contributed by atoms with Crippen molar-refractivity contribution in [2.24, 2.45) is 0 Å². The van der Waals surface area contributed by atoms with Crippen molar-refractivity contribution in [3.8, 4) is 0 Å². The lowest BCUT2D eigenvalue weighted by Crippen LogP contribution is -1.77. The van der Waals surface area contributed by atoms with Gasteiger partial charge in [-0.2, -0.15) is 0 Å². The number of aryl methyl sites for hydroxylation is 1. The molecule has 1 aromatic rings. The Balaban J connectivity index is 0.000000336. The van der Waals surface area contributed by atoms with E-state index in [1.807, 2.05) is 20.8 Å². The first-order valence-corrected chi connectivity index (χ1v) is 4.72. The van der Waals surface area contributed by atoms with Gasteiger partial charge in [-0.25, -0.2) is 0 Å². The van der Waals surface area contributed by atoms with Gasteiger partial charge in [0, 0.05) is 12.3 Å². The van der Waals surface area contributed by atoms with E-state index in [2.05, 4.69) is 10.2 Å². The van der Waals surface area contributed by atoms with E-state index < -0.39 is 0 Å². The Labute approximate surface area is 73.2 Å². The zero-order chi connectivity index (χ0) is 8.97. The fourth-order valence-electron chi connectivity index (χ4n) is 0.905. The van der Waals surface area contributed by atoms with Crippen molar-refractivity contribution in [1.82, 2.24) is 10.2 Å². The van der Waals surface area contributed by atoms with Crippen LogP contribution < -0.4 is 0 Å². The van der Waals surface area contributed by atoms with Gasteiger partial charge in [-0.1, -0.05) is 20.8 Å². The molecule has 12 heavy (non-hydrogen) atoms. The Morgan fingerprint density at radius 3 is 2.42 bits per heavy atom. The fourth-order valence-corrected chi connectivity index (χ4v) is 0.905. The normalized spacial score (nSPS) is 15.2. The minimum atomic E-state index is 0.591. The molecule has 0 aromatic carbocycles. The van der Waals surface area contributed by atoms with Gasteiger partial charge in [0.15, 0.2) is 0 Å². The molecule has 1 fully saturated rings. The fraction of sp³-hybridized carbons (Fsp3) is 0.778. The van der Waals surface area contributed by atoms with E-state index in [-0.39, 0.29) is 0 Å². The monoisotopic (exact) mass is 168 g/mol. The van der Waals surface area contributed by atoms with Gasteiger partial charge in [-0.3, -0.25) is 0 Å². The first-order valence-electron chi connectivity index (χ1n) is 4.72. The summed E-state index contributed by atoms with van der Waals surface area (Å²) in [5, 5.41) is 7.81. The van der Waals surface area contributed by atoms with Crippen molar-refractivity contribution in [3.63, 3.8) is 0 Å². The lowest BCUT2D eigenvalue weighted by Gasteiger charge is -1.83. The van der Waals surface area contributed by atoms with Crippen LogP contribution in [0.5, 0.6) is 0 Å². The number of hydrogen-bond acceptors (Lipinski definition) is 3. The Hall–Kier alpha value is -0.860. The molecule has 1 aliphatic rings. The summed E-state index contributed by atoms with van der Waals surface area (Å²) in [6, 6.07) is 0. The number of aromatic nitrogens is 2. The summed E-state index contributed by atoms with van der Waals surface area (Å²) in [5.41, 5.74) is 0. The van der Waals surface area contributed by atoms with Crippen LogP contribution in [0.25, 0.3) is 0 Å². The second kappa shape index (κ2) is 4.24. The van der Waals surface area contributed by atoms with Gasteiger partial charge in [0.05, 0.1) is 0 Å². The maximum Gasteiger partial charge on any atom is 0.219 e. The summed E-state index contributed by atoms with van der Waals surface area (Å²) < 4.78 is 5.33. The van der Waals surface area contributed by atoms with E-state index in [4.69, 9.17) is 4.42 Å². The molecule has 1 aliphatic carbocycles. The average molecular weight is 168 g/mol. The first kappa shape index (κ1) is 9.23. The van der Waals surface area contributed by atoms with E-state index in [0.29, 0.717) is 5.92 Å². The second-order valence-corrected chi connectivity index (χ2v) is 2.66. The smallest absolute Gasteiger partial charge is 0.219 e. The van der Waals surface area contributed by atoms with Gasteiger partial charge >= 0.3 is 0 Å². The maximum absolute atomic E-state index is 5.33. The van der Waals surface area contributed by atoms with Gasteiger partial charge in [0.2, 0.25) is 11.8 Å². The van der Waals surface area contributed by atoms with Crippen LogP contribution in [0.1, 0.15) is 51.3 Å². The second-order valence-electron chi connectivity index (χ2n) is 2.66. The molecule has 0 amide bonds. The van der Waals surface area contributed by atoms with E-state index in [9.17, 15) is 0 Å². The maximum atomic E-state index is 5.33. The highest BCUT2D eigenvalue weighted by Gasteiger charge is 2.28. The minimum Gasteiger partial charge on any atom is -0.425 e. The van der Waals surface area contributed by atoms with Crippen molar-refractivity contribution in [3.05, 3.63) is 11.8 Å². The van der Waals surface area contributed by atoms with Crippen LogP contribution in [0.15, 0.2) is 4.42 Å². The number of rotatable bonds is 2. The first-order chi connectivity index (χ1) is 5.90. The molecule has 0 atom stereocenters. The van der Waals surface area contributed by atoms with Crippen molar-refractivity contribution in [2.75, 3.05) is 0 Å². The zero-order valence-electron chi connectivity index (χ0n) is 8.00. The predicted octanol–water partition coefficient (Wildman–Crippen LogP) is 2.54. The number of hydrogen-bond donors (Lipinski definition) is 0. The van der Waals surface area contributed by atoms with E-state index in [0.717, 1.165) is 18.2 Å². The Morgan fingerprint density at radius 1 is 1.33 bits per heavy atom. The highest BCUT2D eigenvalue weighted by atomic mass is 16.4. The minimum absolute atomic E-state index is 0.591. The van der Waals surface area contributed by atoms with Crippen molar-refractivity contribution >= 4 is 0 Å². The molecule has 2 rings (SSSR count). The Bertz CT molecular complexity index is 228. The van der Waals surface area contributed by atoms with Gasteiger partial charge in [0.1, 0.15) is 0 Å². The lowest BCUT2D eigenvalue weighted by molar-refractivity contribution is 0.455. The van der Waals surface area contributed by atoms with Crippen LogP contribution in [0, 0.1) is 0 Å². The SMILES string of the molecule is CC.CCc1nnc(C2CC2)o1. The molecule has 68 valence electrons. The molecule has 0 spiro atoms. The highest BCUT2D eigenvalue weighted by molar-refractivity contribution is 4.99. The van der Waals surface area contributed by atoms with E-state index in [1.165, 1.54) is 12.8 Å². The summed E-state index contributed by atoms with van der Waals surface area (Å²) in [6.07, 6.45) is 3.30. The lowest BCUT2D eigenvalue weighted by atomic mass is 10.4. The summed E-state index contributed by atoms with van der Waals surface area (Å²) in [7, 11) is 0. The average Bonchev–Trinajstić information content (AvgIpc) is 2.88. The third-order valence-electron chi connectivity index (χ3n) is 1.71. The van der Waals surface area contributed by atoms with Crippen LogP contribution in [-0.4, -0.2) is 10.2 Å². The summed E-state index contributed by atoms with van der Waals surface area (Å²) in [4.78, 5) is 0. The molecule has 0 aliphatic heterocycles. The topological polar surface area (TPSA) is 38.9 Å². The molecule has 3 heteroatoms. The van der Waals surface area contributed by atoms with E-state index in [1.54, 1.807) is 0 Å². The summed E-state index contributed by atoms with van der Waals surface area (Å²) >= 11 is 0. The molecule has 1 aromatic heterocycles. The molecular formula is C9H16N2O. The Morgan fingerprint density at radius 2 is 2.00 bits per heavy atom. The van der Waals surface area contributed by atoms with Gasteiger partial charge < -0.3 is 4.42 Å². The third-order valence-corrected chi connectivity index (χ3v) is 1.71. The molecule has 0 unspecified atom stereocenters. The van der Waals surface area contributed by atoms with Gasteiger partial charge in [0.25, 0.3) is 0 Å². The standard InChI is InChI=1S/C7H10N2O.C2H6/c1-2-6-8-9-7(10-6)5-3-4-5;1-2/h5H,2-4H2,1H3;1-2H3. The molecule has 0 saturated heterocycles. The molecule has 0 N–H and O–H groups in total. The zero-order valence-corrected chi connectivity index (χ0v) is 8.00. The molecular weight excluding hydrogens is 152 g/mol. The van der Waals surface area contributed by atoms with Crippen molar-refractivity contribution in [2.45, 2.75) is 46.0 Å². The van der Waals surface area contributed by atoms with Crippen LogP contribution in [-0.2, 0) is 6.42 Å². The van der Waals surface area contributed by atoms with Gasteiger partial charge in [-0.15, -0.1) is 10.2 Å². The quantitative estimate of drug-likeness (QED) is 0.681. The molecule has 3 nitrogen and oxygen atoms in total. The highest BCUT2D eigenvalue weighted by Crippen LogP contribution is 2.38. The third kappa shape index (κ3) is 2.06. The molecule has 1 saturated carbocycles. The largest absolute Gasteiger partial charge is 0.425 e.